The van der Waals surface area contributed by atoms with Crippen LogP contribution in [0.2, 0.25) is 0 Å². The number of carbonyl (C=O) groups is 1. The Morgan fingerprint density at radius 1 is 1.30 bits per heavy atom. The number of ketones is 1. The zero-order chi connectivity index (χ0) is 19.6. The summed E-state index contributed by atoms with van der Waals surface area (Å²) in [5.74, 6) is 1.63. The van der Waals surface area contributed by atoms with Gasteiger partial charge in [-0.1, -0.05) is 20.8 Å². The van der Waals surface area contributed by atoms with Crippen molar-refractivity contribution in [1.29, 1.82) is 0 Å². The third kappa shape index (κ3) is 4.71. The van der Waals surface area contributed by atoms with Gasteiger partial charge in [-0.15, -0.1) is 0 Å². The number of fused-ring (bicyclic) bond motifs is 1. The molecule has 0 spiro atoms. The van der Waals surface area contributed by atoms with Crippen molar-refractivity contribution in [2.45, 2.75) is 53.0 Å². The molecular formula is C20H29N5O2. The molecule has 0 amide bonds. The largest absolute Gasteiger partial charge is 0.395 e. The smallest absolute Gasteiger partial charge is 0.182 e. The van der Waals surface area contributed by atoms with E-state index in [2.05, 4.69) is 25.8 Å². The van der Waals surface area contributed by atoms with Gasteiger partial charge in [-0.3, -0.25) is 4.79 Å². The molecule has 2 aromatic heterocycles. The van der Waals surface area contributed by atoms with E-state index in [9.17, 15) is 4.79 Å². The highest BCUT2D eigenvalue weighted by Gasteiger charge is 2.24. The second-order valence-corrected chi connectivity index (χ2v) is 8.50. The van der Waals surface area contributed by atoms with Gasteiger partial charge in [0.05, 0.1) is 19.5 Å². The Balaban J connectivity index is 1.88. The van der Waals surface area contributed by atoms with Crippen LogP contribution in [0.5, 0.6) is 0 Å². The number of imidazole rings is 1. The molecule has 0 saturated carbocycles. The van der Waals surface area contributed by atoms with Crippen LogP contribution < -0.4 is 4.90 Å². The fourth-order valence-electron chi connectivity index (χ4n) is 3.54. The fourth-order valence-corrected chi connectivity index (χ4v) is 3.54. The second kappa shape index (κ2) is 7.76. The lowest BCUT2D eigenvalue weighted by Gasteiger charge is -2.23. The molecule has 1 N–H and O–H groups in total. The standard InChI is InChI=1S/C20H29N5O2/c1-20(2,3)10-14(27)11-24(4)19-15-6-5-7-16(15)22-18(23-19)17-12-25(8-9-26)13-21-17/h12-13,26H,5-11H2,1-4H3. The van der Waals surface area contributed by atoms with Crippen molar-refractivity contribution < 1.29 is 9.90 Å². The van der Waals surface area contributed by atoms with E-state index in [1.54, 1.807) is 6.33 Å². The highest BCUT2D eigenvalue weighted by molar-refractivity contribution is 5.84. The van der Waals surface area contributed by atoms with E-state index >= 15 is 0 Å². The maximum atomic E-state index is 12.4. The van der Waals surface area contributed by atoms with Crippen LogP contribution >= 0.6 is 0 Å². The minimum Gasteiger partial charge on any atom is -0.395 e. The highest BCUT2D eigenvalue weighted by Crippen LogP contribution is 2.31. The van der Waals surface area contributed by atoms with Gasteiger partial charge in [0.15, 0.2) is 11.6 Å². The molecule has 146 valence electrons. The molecule has 0 atom stereocenters. The summed E-state index contributed by atoms with van der Waals surface area (Å²) in [6.07, 6.45) is 7.01. The first-order valence-corrected chi connectivity index (χ1v) is 9.52. The minimum absolute atomic E-state index is 0.0176. The first-order valence-electron chi connectivity index (χ1n) is 9.52. The van der Waals surface area contributed by atoms with Crippen LogP contribution in [-0.2, 0) is 24.2 Å². The number of aliphatic hydroxyl groups excluding tert-OH is 1. The SMILES string of the molecule is CN(CC(=O)CC(C)(C)C)c1nc(-c2cn(CCO)cn2)nc2c1CCC2. The van der Waals surface area contributed by atoms with Gasteiger partial charge in [-0.2, -0.15) is 0 Å². The summed E-state index contributed by atoms with van der Waals surface area (Å²) in [7, 11) is 1.93. The Labute approximate surface area is 160 Å². The summed E-state index contributed by atoms with van der Waals surface area (Å²) in [5.41, 5.74) is 2.88. The summed E-state index contributed by atoms with van der Waals surface area (Å²) in [6.45, 7) is 7.13. The van der Waals surface area contributed by atoms with Crippen LogP contribution in [0.4, 0.5) is 5.82 Å². The molecule has 1 aliphatic carbocycles. The van der Waals surface area contributed by atoms with Gasteiger partial charge >= 0.3 is 0 Å². The molecule has 0 radical (unpaired) electrons. The van der Waals surface area contributed by atoms with Gasteiger partial charge in [0.1, 0.15) is 11.5 Å². The van der Waals surface area contributed by atoms with Crippen molar-refractivity contribution in [2.24, 2.45) is 5.41 Å². The van der Waals surface area contributed by atoms with E-state index in [4.69, 9.17) is 15.1 Å². The third-order valence-electron chi connectivity index (χ3n) is 4.63. The van der Waals surface area contributed by atoms with Crippen LogP contribution in [0, 0.1) is 5.41 Å². The maximum absolute atomic E-state index is 12.4. The number of carbonyl (C=O) groups excluding carboxylic acids is 1. The first-order chi connectivity index (χ1) is 12.8. The molecule has 3 rings (SSSR count). The zero-order valence-electron chi connectivity index (χ0n) is 16.7. The van der Waals surface area contributed by atoms with E-state index < -0.39 is 0 Å². The van der Waals surface area contributed by atoms with Gasteiger partial charge in [0.2, 0.25) is 0 Å². The minimum atomic E-state index is -0.0176. The first kappa shape index (κ1) is 19.5. The number of hydrogen-bond acceptors (Lipinski definition) is 6. The van der Waals surface area contributed by atoms with Gasteiger partial charge in [-0.25, -0.2) is 15.0 Å². The van der Waals surface area contributed by atoms with Gasteiger partial charge < -0.3 is 14.6 Å². The Kier molecular flexibility index (Phi) is 5.60. The van der Waals surface area contributed by atoms with Crippen LogP contribution in [0.1, 0.15) is 44.9 Å². The molecule has 2 heterocycles. The van der Waals surface area contributed by atoms with Gasteiger partial charge in [-0.05, 0) is 24.7 Å². The highest BCUT2D eigenvalue weighted by atomic mass is 16.3. The van der Waals surface area contributed by atoms with E-state index in [1.165, 1.54) is 0 Å². The summed E-state index contributed by atoms with van der Waals surface area (Å²) in [6, 6.07) is 0. The average Bonchev–Trinajstić information content (AvgIpc) is 3.20. The number of anilines is 1. The van der Waals surface area contributed by atoms with Crippen molar-refractivity contribution in [1.82, 2.24) is 19.5 Å². The number of nitrogens with zero attached hydrogens (tertiary/aromatic N) is 5. The molecule has 0 aromatic carbocycles. The lowest BCUT2D eigenvalue weighted by molar-refractivity contribution is -0.119. The Bertz CT molecular complexity index is 822. The number of aryl methyl sites for hydroxylation is 1. The molecule has 2 aromatic rings. The topological polar surface area (TPSA) is 84.1 Å². The molecule has 27 heavy (non-hydrogen) atoms. The van der Waals surface area contributed by atoms with E-state index in [-0.39, 0.29) is 17.8 Å². The van der Waals surface area contributed by atoms with E-state index in [1.807, 2.05) is 22.7 Å². The van der Waals surface area contributed by atoms with Crippen molar-refractivity contribution in [3.8, 4) is 11.5 Å². The normalized spacial score (nSPS) is 13.7. The summed E-state index contributed by atoms with van der Waals surface area (Å²) in [4.78, 5) is 28.3. The third-order valence-corrected chi connectivity index (χ3v) is 4.63. The molecule has 0 bridgehead atoms. The Hall–Kier alpha value is -2.28. The number of Topliss-reactive ketones (excluding diaryl/α,β-unsaturated/α-hetero) is 1. The predicted octanol–water partition coefficient (Wildman–Crippen LogP) is 2.26. The molecule has 0 saturated heterocycles. The Morgan fingerprint density at radius 2 is 2.07 bits per heavy atom. The summed E-state index contributed by atoms with van der Waals surface area (Å²) < 4.78 is 1.82. The average molecular weight is 371 g/mol. The van der Waals surface area contributed by atoms with Gasteiger partial charge in [0.25, 0.3) is 0 Å². The van der Waals surface area contributed by atoms with Crippen molar-refractivity contribution in [3.63, 3.8) is 0 Å². The number of hydrogen-bond donors (Lipinski definition) is 1. The van der Waals surface area contributed by atoms with E-state index in [0.29, 0.717) is 31.0 Å². The second-order valence-electron chi connectivity index (χ2n) is 8.50. The number of likely N-dealkylation sites (N-methyl/N-ethyl adjacent to an activating group) is 1. The van der Waals surface area contributed by atoms with Crippen molar-refractivity contribution in [3.05, 3.63) is 23.8 Å². The summed E-state index contributed by atoms with van der Waals surface area (Å²) in [5, 5.41) is 9.09. The van der Waals surface area contributed by atoms with Crippen LogP contribution in [0.25, 0.3) is 11.5 Å². The fraction of sp³-hybridized carbons (Fsp3) is 0.600. The van der Waals surface area contributed by atoms with Crippen LogP contribution in [0.3, 0.4) is 0 Å². The lowest BCUT2D eigenvalue weighted by atomic mass is 9.90. The van der Waals surface area contributed by atoms with Crippen molar-refractivity contribution >= 4 is 11.6 Å². The number of aliphatic hydroxyl groups is 1. The zero-order valence-corrected chi connectivity index (χ0v) is 16.7. The number of aromatic nitrogens is 4. The molecule has 0 fully saturated rings. The number of rotatable bonds is 7. The van der Waals surface area contributed by atoms with E-state index in [0.717, 1.165) is 36.3 Å². The summed E-state index contributed by atoms with van der Waals surface area (Å²) >= 11 is 0. The predicted molar refractivity (Wildman–Crippen MR) is 105 cm³/mol. The van der Waals surface area contributed by atoms with Crippen LogP contribution in [-0.4, -0.2) is 50.6 Å². The molecule has 0 unspecified atom stereocenters. The van der Waals surface area contributed by atoms with Crippen molar-refractivity contribution in [2.75, 3.05) is 25.1 Å². The lowest BCUT2D eigenvalue weighted by Crippen LogP contribution is -2.30. The monoisotopic (exact) mass is 371 g/mol. The Morgan fingerprint density at radius 3 is 2.78 bits per heavy atom. The molecule has 7 nitrogen and oxygen atoms in total. The molecular weight excluding hydrogens is 342 g/mol. The molecule has 7 heteroatoms. The maximum Gasteiger partial charge on any atom is 0.182 e. The van der Waals surface area contributed by atoms with Gasteiger partial charge in [0, 0.05) is 37.5 Å². The molecule has 1 aliphatic rings. The molecule has 0 aliphatic heterocycles. The quantitative estimate of drug-likeness (QED) is 0.804. The van der Waals surface area contributed by atoms with Crippen LogP contribution in [0.15, 0.2) is 12.5 Å².